The van der Waals surface area contributed by atoms with Crippen molar-refractivity contribution in [3.8, 4) is 5.95 Å². The van der Waals surface area contributed by atoms with Gasteiger partial charge >= 0.3 is 5.63 Å². The van der Waals surface area contributed by atoms with Crippen LogP contribution in [0.2, 0.25) is 0 Å². The van der Waals surface area contributed by atoms with Gasteiger partial charge in [-0.3, -0.25) is 4.79 Å². The number of unbranched alkanes of at least 4 members (excludes halogenated alkanes) is 6. The smallest absolute Gasteiger partial charge is 0.351 e. The topological polar surface area (TPSA) is 83.9 Å². The molecule has 1 aromatic carbocycles. The molecule has 6 nitrogen and oxygen atoms in total. The Labute approximate surface area is 176 Å². The first-order valence-electron chi connectivity index (χ1n) is 11.0. The lowest BCUT2D eigenvalue weighted by atomic mass is 10.1. The van der Waals surface area contributed by atoms with Crippen LogP contribution in [-0.2, 0) is 0 Å². The number of hydrogen-bond acceptors (Lipinski definition) is 6. The van der Waals surface area contributed by atoms with Crippen LogP contribution in [0.4, 0.5) is 5.69 Å². The summed E-state index contributed by atoms with van der Waals surface area (Å²) in [5.41, 5.74) is 0.0457. The Balaban J connectivity index is 1.95. The lowest BCUT2D eigenvalue weighted by Crippen LogP contribution is -2.25. The van der Waals surface area contributed by atoms with E-state index in [0.717, 1.165) is 37.7 Å². The minimum atomic E-state index is -0.749. The van der Waals surface area contributed by atoms with Gasteiger partial charge in [-0.25, -0.2) is 4.79 Å². The highest BCUT2D eigenvalue weighted by Crippen LogP contribution is 2.28. The quantitative estimate of drug-likeness (QED) is 0.251. The van der Waals surface area contributed by atoms with Gasteiger partial charge in [-0.05, 0) is 25.0 Å². The standard InChI is InChI=1S/C24H31NO5/c1-3-5-7-9-13-25(14-10-8-6-4-2)17-11-12-18-20(15-17)29-24(28)22-19(26)16-21(27)30-23(18)22/h11-12,15-16,27H,3-10,13-14H2,1-2H3. The van der Waals surface area contributed by atoms with Gasteiger partial charge in [0.2, 0.25) is 5.43 Å². The largest absolute Gasteiger partial charge is 0.481 e. The Bertz CT molecular complexity index is 1090. The fraction of sp³-hybridized carbons (Fsp3) is 0.500. The van der Waals surface area contributed by atoms with Crippen LogP contribution in [0.3, 0.4) is 0 Å². The second-order valence-electron chi connectivity index (χ2n) is 7.83. The van der Waals surface area contributed by atoms with E-state index in [2.05, 4.69) is 18.7 Å². The fourth-order valence-corrected chi connectivity index (χ4v) is 3.82. The van der Waals surface area contributed by atoms with Crippen molar-refractivity contribution in [1.29, 1.82) is 0 Å². The zero-order valence-electron chi connectivity index (χ0n) is 17.9. The molecule has 6 heteroatoms. The third-order valence-corrected chi connectivity index (χ3v) is 5.48. The molecule has 0 atom stereocenters. The first kappa shape index (κ1) is 21.9. The SMILES string of the molecule is CCCCCCN(CCCCCC)c1ccc2c(c1)oc(=O)c1c(=O)cc(O)oc12. The molecule has 0 spiro atoms. The lowest BCUT2D eigenvalue weighted by molar-refractivity contribution is 0.339. The van der Waals surface area contributed by atoms with Crippen LogP contribution in [0.5, 0.6) is 5.95 Å². The van der Waals surface area contributed by atoms with Gasteiger partial charge in [0.25, 0.3) is 5.95 Å². The zero-order chi connectivity index (χ0) is 21.5. The van der Waals surface area contributed by atoms with Crippen LogP contribution in [0.15, 0.2) is 42.7 Å². The van der Waals surface area contributed by atoms with Gasteiger partial charge in [0.15, 0.2) is 11.0 Å². The van der Waals surface area contributed by atoms with Crippen LogP contribution in [0.25, 0.3) is 21.9 Å². The summed E-state index contributed by atoms with van der Waals surface area (Å²) in [5.74, 6) is -0.517. The van der Waals surface area contributed by atoms with E-state index in [4.69, 9.17) is 8.83 Å². The van der Waals surface area contributed by atoms with Crippen molar-refractivity contribution in [2.24, 2.45) is 0 Å². The molecule has 2 aromatic heterocycles. The van der Waals surface area contributed by atoms with E-state index in [9.17, 15) is 14.7 Å². The highest BCUT2D eigenvalue weighted by molar-refractivity contribution is 6.01. The van der Waals surface area contributed by atoms with E-state index in [1.165, 1.54) is 38.5 Å². The molecule has 0 radical (unpaired) electrons. The summed E-state index contributed by atoms with van der Waals surface area (Å²) >= 11 is 0. The van der Waals surface area contributed by atoms with E-state index >= 15 is 0 Å². The van der Waals surface area contributed by atoms with E-state index in [1.807, 2.05) is 12.1 Å². The van der Waals surface area contributed by atoms with E-state index in [-0.39, 0.29) is 11.0 Å². The van der Waals surface area contributed by atoms with Gasteiger partial charge in [0.1, 0.15) is 5.58 Å². The molecule has 3 aromatic rings. The molecule has 0 bridgehead atoms. The van der Waals surface area contributed by atoms with Crippen LogP contribution in [0.1, 0.15) is 65.2 Å². The van der Waals surface area contributed by atoms with Crippen molar-refractivity contribution >= 4 is 27.6 Å². The summed E-state index contributed by atoms with van der Waals surface area (Å²) in [6, 6.07) is 6.47. The summed E-state index contributed by atoms with van der Waals surface area (Å²) in [6.45, 7) is 6.30. The number of aromatic hydroxyl groups is 1. The van der Waals surface area contributed by atoms with E-state index in [0.29, 0.717) is 11.0 Å². The number of benzene rings is 1. The summed E-state index contributed by atoms with van der Waals surface area (Å²) in [6.07, 6.45) is 9.47. The van der Waals surface area contributed by atoms with Crippen LogP contribution >= 0.6 is 0 Å². The molecule has 0 amide bonds. The second kappa shape index (κ2) is 10.3. The lowest BCUT2D eigenvalue weighted by Gasteiger charge is -2.25. The average molecular weight is 414 g/mol. The highest BCUT2D eigenvalue weighted by Gasteiger charge is 2.16. The molecule has 162 valence electrons. The first-order valence-corrected chi connectivity index (χ1v) is 11.0. The highest BCUT2D eigenvalue weighted by atomic mass is 16.5. The first-order chi connectivity index (χ1) is 14.5. The van der Waals surface area contributed by atoms with Crippen molar-refractivity contribution in [3.63, 3.8) is 0 Å². The molecule has 0 aliphatic rings. The minimum Gasteiger partial charge on any atom is -0.481 e. The second-order valence-corrected chi connectivity index (χ2v) is 7.83. The number of rotatable bonds is 11. The molecule has 0 aliphatic carbocycles. The fourth-order valence-electron chi connectivity index (χ4n) is 3.82. The maximum absolute atomic E-state index is 12.4. The van der Waals surface area contributed by atoms with Crippen molar-refractivity contribution in [3.05, 3.63) is 44.9 Å². The summed E-state index contributed by atoms with van der Waals surface area (Å²) < 4.78 is 10.8. The Hall–Kier alpha value is -2.76. The molecular weight excluding hydrogens is 382 g/mol. The van der Waals surface area contributed by atoms with Crippen molar-refractivity contribution in [2.75, 3.05) is 18.0 Å². The van der Waals surface area contributed by atoms with Gasteiger partial charge in [0, 0.05) is 24.8 Å². The summed E-state index contributed by atoms with van der Waals surface area (Å²) in [5, 5.41) is 10.00. The molecule has 0 saturated heterocycles. The molecule has 1 N–H and O–H groups in total. The molecule has 0 unspecified atom stereocenters. The van der Waals surface area contributed by atoms with Crippen molar-refractivity contribution in [2.45, 2.75) is 65.2 Å². The number of anilines is 1. The summed E-state index contributed by atoms with van der Waals surface area (Å²) in [4.78, 5) is 26.8. The maximum Gasteiger partial charge on any atom is 0.351 e. The monoisotopic (exact) mass is 413 g/mol. The predicted octanol–water partition coefficient (Wildman–Crippen LogP) is 5.57. The van der Waals surface area contributed by atoms with Gasteiger partial charge in [0.05, 0.1) is 11.5 Å². The van der Waals surface area contributed by atoms with Crippen LogP contribution in [-0.4, -0.2) is 18.2 Å². The Morgan fingerprint density at radius 1 is 0.867 bits per heavy atom. The predicted molar refractivity (Wildman–Crippen MR) is 121 cm³/mol. The Morgan fingerprint density at radius 3 is 2.17 bits per heavy atom. The van der Waals surface area contributed by atoms with E-state index in [1.54, 1.807) is 6.07 Å². The van der Waals surface area contributed by atoms with Gasteiger partial charge < -0.3 is 18.8 Å². The minimum absolute atomic E-state index is 0.0650. The molecule has 2 heterocycles. The normalized spacial score (nSPS) is 11.4. The van der Waals surface area contributed by atoms with Gasteiger partial charge in [-0.1, -0.05) is 52.4 Å². The molecular formula is C24H31NO5. The molecule has 30 heavy (non-hydrogen) atoms. The molecule has 3 rings (SSSR count). The summed E-state index contributed by atoms with van der Waals surface area (Å²) in [7, 11) is 0. The van der Waals surface area contributed by atoms with Gasteiger partial charge in [-0.15, -0.1) is 0 Å². The number of nitrogens with zero attached hydrogens (tertiary/aromatic N) is 1. The maximum atomic E-state index is 12.4. The third-order valence-electron chi connectivity index (χ3n) is 5.48. The third kappa shape index (κ3) is 5.04. The van der Waals surface area contributed by atoms with Gasteiger partial charge in [-0.2, -0.15) is 0 Å². The molecule has 0 aliphatic heterocycles. The van der Waals surface area contributed by atoms with Crippen molar-refractivity contribution < 1.29 is 13.9 Å². The number of fused-ring (bicyclic) bond motifs is 3. The van der Waals surface area contributed by atoms with Crippen LogP contribution < -0.4 is 16.0 Å². The molecule has 0 saturated carbocycles. The Morgan fingerprint density at radius 2 is 1.53 bits per heavy atom. The zero-order valence-corrected chi connectivity index (χ0v) is 17.9. The number of hydrogen-bond donors (Lipinski definition) is 1. The van der Waals surface area contributed by atoms with Crippen LogP contribution in [0, 0.1) is 0 Å². The average Bonchev–Trinajstić information content (AvgIpc) is 2.71. The van der Waals surface area contributed by atoms with E-state index < -0.39 is 17.0 Å². The Kier molecular flexibility index (Phi) is 7.55. The van der Waals surface area contributed by atoms with Crippen molar-refractivity contribution in [1.82, 2.24) is 0 Å². The molecule has 0 fully saturated rings.